The molecule has 1 N–H and O–H groups in total. The van der Waals surface area contributed by atoms with Gasteiger partial charge in [-0.25, -0.2) is 4.98 Å². The van der Waals surface area contributed by atoms with E-state index in [2.05, 4.69) is 9.97 Å². The molecule has 1 amide bonds. The summed E-state index contributed by atoms with van der Waals surface area (Å²) < 4.78 is 4.92. The smallest absolute Gasteiger partial charge is 0.224 e. The molecule has 0 aromatic carbocycles. The lowest BCUT2D eigenvalue weighted by Crippen LogP contribution is -2.55. The fourth-order valence-electron chi connectivity index (χ4n) is 2.80. The van der Waals surface area contributed by atoms with Crippen LogP contribution in [0.3, 0.4) is 0 Å². The van der Waals surface area contributed by atoms with Crippen LogP contribution in [0, 0.1) is 0 Å². The first-order chi connectivity index (χ1) is 10.5. The van der Waals surface area contributed by atoms with Crippen molar-refractivity contribution in [2.45, 2.75) is 24.9 Å². The molecule has 7 nitrogen and oxygen atoms in total. The summed E-state index contributed by atoms with van der Waals surface area (Å²) in [5, 5.41) is 10.8. The highest BCUT2D eigenvalue weighted by Crippen LogP contribution is 2.25. The van der Waals surface area contributed by atoms with Gasteiger partial charge in [-0.1, -0.05) is 0 Å². The second kappa shape index (κ2) is 7.51. The van der Waals surface area contributed by atoms with Gasteiger partial charge in [-0.05, 0) is 12.8 Å². The number of nitrogens with zero attached hydrogens (tertiary/aromatic N) is 4. The Labute approximate surface area is 130 Å². The van der Waals surface area contributed by atoms with E-state index in [0.29, 0.717) is 32.5 Å². The minimum atomic E-state index is -0.923. The molecule has 0 bridgehead atoms. The first-order valence-electron chi connectivity index (χ1n) is 7.50. The minimum Gasteiger partial charge on any atom is -0.386 e. The Morgan fingerprint density at radius 2 is 2.36 bits per heavy atom. The van der Waals surface area contributed by atoms with Gasteiger partial charge in [0.15, 0.2) is 0 Å². The number of rotatable bonds is 6. The van der Waals surface area contributed by atoms with Crippen molar-refractivity contribution in [1.82, 2.24) is 14.9 Å². The van der Waals surface area contributed by atoms with Gasteiger partial charge in [0.05, 0.1) is 31.4 Å². The maximum absolute atomic E-state index is 12.0. The Morgan fingerprint density at radius 3 is 3.05 bits per heavy atom. The van der Waals surface area contributed by atoms with Crippen LogP contribution in [0.15, 0.2) is 18.6 Å². The van der Waals surface area contributed by atoms with Crippen molar-refractivity contribution < 1.29 is 14.6 Å². The summed E-state index contributed by atoms with van der Waals surface area (Å²) in [7, 11) is 3.29. The van der Waals surface area contributed by atoms with Crippen LogP contribution in [0.4, 0.5) is 5.82 Å². The Balaban J connectivity index is 1.96. The molecule has 1 atom stereocenters. The van der Waals surface area contributed by atoms with Gasteiger partial charge >= 0.3 is 0 Å². The summed E-state index contributed by atoms with van der Waals surface area (Å²) in [5.74, 6) is 0.737. The van der Waals surface area contributed by atoms with Gasteiger partial charge < -0.3 is 19.6 Å². The van der Waals surface area contributed by atoms with Crippen molar-refractivity contribution in [2.24, 2.45) is 0 Å². The zero-order chi connectivity index (χ0) is 16.0. The van der Waals surface area contributed by atoms with Crippen molar-refractivity contribution in [3.8, 4) is 0 Å². The monoisotopic (exact) mass is 308 g/mol. The zero-order valence-electron chi connectivity index (χ0n) is 13.2. The Morgan fingerprint density at radius 1 is 1.55 bits per heavy atom. The van der Waals surface area contributed by atoms with Crippen molar-refractivity contribution in [1.29, 1.82) is 0 Å². The number of aromatic nitrogens is 2. The molecule has 1 saturated heterocycles. The van der Waals surface area contributed by atoms with E-state index in [1.165, 1.54) is 0 Å². The second-order valence-corrected chi connectivity index (χ2v) is 5.81. The van der Waals surface area contributed by atoms with E-state index in [1.807, 2.05) is 4.90 Å². The molecule has 22 heavy (non-hydrogen) atoms. The first-order valence-corrected chi connectivity index (χ1v) is 7.50. The summed E-state index contributed by atoms with van der Waals surface area (Å²) in [5.41, 5.74) is -0.923. The van der Waals surface area contributed by atoms with Crippen molar-refractivity contribution >= 4 is 11.7 Å². The van der Waals surface area contributed by atoms with E-state index < -0.39 is 5.60 Å². The third-order valence-corrected chi connectivity index (χ3v) is 3.91. The van der Waals surface area contributed by atoms with Crippen molar-refractivity contribution in [3.63, 3.8) is 0 Å². The molecule has 1 aliphatic heterocycles. The number of amides is 1. The molecule has 1 aromatic heterocycles. The van der Waals surface area contributed by atoms with Gasteiger partial charge in [0.1, 0.15) is 5.82 Å². The molecule has 0 saturated carbocycles. The maximum Gasteiger partial charge on any atom is 0.224 e. The van der Waals surface area contributed by atoms with E-state index in [-0.39, 0.29) is 5.91 Å². The standard InChI is InChI=1S/C15H24N4O3/c1-18(14(20)4-9-22-2)11-15(21)5-3-8-19(12-15)13-10-16-6-7-17-13/h6-7,10,21H,3-5,8-9,11-12H2,1-2H3/t15-/m1/s1. The lowest BCUT2D eigenvalue weighted by Gasteiger charge is -2.41. The Bertz CT molecular complexity index is 485. The summed E-state index contributed by atoms with van der Waals surface area (Å²) in [6.45, 7) is 2.00. The summed E-state index contributed by atoms with van der Waals surface area (Å²) >= 11 is 0. The number of β-amino-alcohol motifs (C(OH)–C–C–N with tert-alkyl or cyclic N) is 1. The molecular formula is C15H24N4O3. The SMILES string of the molecule is COCCC(=O)N(C)C[C@]1(O)CCCN(c2cnccn2)C1. The molecule has 122 valence electrons. The lowest BCUT2D eigenvalue weighted by molar-refractivity contribution is -0.134. The number of carbonyl (C=O) groups excluding carboxylic acids is 1. The molecule has 1 aromatic rings. The van der Waals surface area contributed by atoms with E-state index in [9.17, 15) is 9.90 Å². The average molecular weight is 308 g/mol. The second-order valence-electron chi connectivity index (χ2n) is 5.81. The number of likely N-dealkylation sites (N-methyl/N-ethyl adjacent to an activating group) is 1. The maximum atomic E-state index is 12.0. The third-order valence-electron chi connectivity index (χ3n) is 3.91. The predicted molar refractivity (Wildman–Crippen MR) is 82.6 cm³/mol. The first kappa shape index (κ1) is 16.6. The quantitative estimate of drug-likeness (QED) is 0.814. The molecule has 2 rings (SSSR count). The zero-order valence-corrected chi connectivity index (χ0v) is 13.2. The number of methoxy groups -OCH3 is 1. The number of hydrogen-bond acceptors (Lipinski definition) is 6. The largest absolute Gasteiger partial charge is 0.386 e. The van der Waals surface area contributed by atoms with Crippen molar-refractivity contribution in [2.75, 3.05) is 45.3 Å². The van der Waals surface area contributed by atoms with Crippen LogP contribution < -0.4 is 4.90 Å². The van der Waals surface area contributed by atoms with E-state index >= 15 is 0 Å². The van der Waals surface area contributed by atoms with Gasteiger partial charge in [-0.15, -0.1) is 0 Å². The number of hydrogen-bond donors (Lipinski definition) is 1. The highest BCUT2D eigenvalue weighted by molar-refractivity contribution is 5.76. The van der Waals surface area contributed by atoms with Gasteiger partial charge in [0.25, 0.3) is 0 Å². The highest BCUT2D eigenvalue weighted by atomic mass is 16.5. The Kier molecular flexibility index (Phi) is 5.68. The van der Waals surface area contributed by atoms with Crippen LogP contribution in [0.1, 0.15) is 19.3 Å². The van der Waals surface area contributed by atoms with E-state index in [0.717, 1.165) is 18.8 Å². The number of ether oxygens (including phenoxy) is 1. The number of aliphatic hydroxyl groups is 1. The Hall–Kier alpha value is -1.73. The fourth-order valence-corrected chi connectivity index (χ4v) is 2.80. The fraction of sp³-hybridized carbons (Fsp3) is 0.667. The van der Waals surface area contributed by atoms with Gasteiger partial charge in [-0.2, -0.15) is 0 Å². The molecule has 1 aliphatic rings. The summed E-state index contributed by atoms with van der Waals surface area (Å²) in [4.78, 5) is 23.9. The van der Waals surface area contributed by atoms with Crippen LogP contribution in [-0.4, -0.2) is 71.9 Å². The molecule has 0 spiro atoms. The topological polar surface area (TPSA) is 78.8 Å². The van der Waals surface area contributed by atoms with Crippen LogP contribution in [-0.2, 0) is 9.53 Å². The minimum absolute atomic E-state index is 0.0214. The molecule has 2 heterocycles. The summed E-state index contributed by atoms with van der Waals surface area (Å²) in [6.07, 6.45) is 6.82. The van der Waals surface area contributed by atoms with Crippen LogP contribution in [0.5, 0.6) is 0 Å². The van der Waals surface area contributed by atoms with Gasteiger partial charge in [0, 0.05) is 39.6 Å². The normalized spacial score (nSPS) is 21.7. The highest BCUT2D eigenvalue weighted by Gasteiger charge is 2.35. The molecule has 0 aliphatic carbocycles. The van der Waals surface area contributed by atoms with Crippen LogP contribution in [0.25, 0.3) is 0 Å². The number of anilines is 1. The predicted octanol–water partition coefficient (Wildman–Crippen LogP) is 0.303. The lowest BCUT2D eigenvalue weighted by atomic mass is 9.92. The third kappa shape index (κ3) is 4.38. The van der Waals surface area contributed by atoms with Gasteiger partial charge in [-0.3, -0.25) is 9.78 Å². The van der Waals surface area contributed by atoms with Gasteiger partial charge in [0.2, 0.25) is 5.91 Å². The molecule has 1 fully saturated rings. The van der Waals surface area contributed by atoms with Crippen LogP contribution in [0.2, 0.25) is 0 Å². The summed E-state index contributed by atoms with van der Waals surface area (Å²) in [6, 6.07) is 0. The number of carbonyl (C=O) groups is 1. The number of piperidine rings is 1. The van der Waals surface area contributed by atoms with Crippen molar-refractivity contribution in [3.05, 3.63) is 18.6 Å². The van der Waals surface area contributed by atoms with Crippen LogP contribution >= 0.6 is 0 Å². The van der Waals surface area contributed by atoms with E-state index in [1.54, 1.807) is 37.6 Å². The molecule has 0 radical (unpaired) electrons. The molecule has 0 unspecified atom stereocenters. The molecule has 7 heteroatoms. The molecular weight excluding hydrogens is 284 g/mol. The average Bonchev–Trinajstić information content (AvgIpc) is 2.53. The van der Waals surface area contributed by atoms with E-state index in [4.69, 9.17) is 4.74 Å².